The number of nitrogens with two attached hydrogens (primary N) is 1. The number of amidine groups is 1. The number of benzene rings is 2. The maximum absolute atomic E-state index is 13.0. The third-order valence-electron chi connectivity index (χ3n) is 3.37. The average molecular weight is 314 g/mol. The third kappa shape index (κ3) is 3.14. The lowest BCUT2D eigenvalue weighted by atomic mass is 10.1. The first-order chi connectivity index (χ1) is 10.7. The van der Waals surface area contributed by atoms with Gasteiger partial charge in [-0.25, -0.2) is 9.38 Å². The molecule has 5 heteroatoms. The molecule has 0 bridgehead atoms. The Morgan fingerprint density at radius 1 is 1.09 bits per heavy atom. The van der Waals surface area contributed by atoms with E-state index in [2.05, 4.69) is 4.99 Å². The van der Waals surface area contributed by atoms with Gasteiger partial charge in [0.25, 0.3) is 0 Å². The summed E-state index contributed by atoms with van der Waals surface area (Å²) in [6, 6.07) is 14.1. The molecule has 3 nitrogen and oxygen atoms in total. The van der Waals surface area contributed by atoms with Gasteiger partial charge in [0.05, 0.1) is 18.1 Å². The van der Waals surface area contributed by atoms with E-state index in [1.807, 2.05) is 30.3 Å². The van der Waals surface area contributed by atoms with Crippen LogP contribution in [0.5, 0.6) is 5.75 Å². The molecule has 0 aromatic heterocycles. The van der Waals surface area contributed by atoms with Gasteiger partial charge in [0, 0.05) is 5.56 Å². The Morgan fingerprint density at radius 3 is 2.41 bits per heavy atom. The molecule has 0 spiro atoms. The number of hydrogen-bond donors (Lipinski definition) is 1. The number of nitrogens with zero attached hydrogens (tertiary/aromatic N) is 1. The minimum absolute atomic E-state index is 0.0726. The molecule has 1 heterocycles. The van der Waals surface area contributed by atoms with Crippen molar-refractivity contribution in [3.8, 4) is 5.75 Å². The van der Waals surface area contributed by atoms with E-state index in [0.29, 0.717) is 5.17 Å². The summed E-state index contributed by atoms with van der Waals surface area (Å²) in [7, 11) is 1.64. The van der Waals surface area contributed by atoms with E-state index in [1.165, 1.54) is 23.9 Å². The lowest BCUT2D eigenvalue weighted by Gasteiger charge is -2.19. The molecule has 2 aromatic rings. The highest BCUT2D eigenvalue weighted by Gasteiger charge is 2.18. The van der Waals surface area contributed by atoms with Gasteiger partial charge in [-0.05, 0) is 48.0 Å². The van der Waals surface area contributed by atoms with Crippen molar-refractivity contribution >= 4 is 22.6 Å². The maximum atomic E-state index is 13.0. The fraction of sp³-hybridized carbons (Fsp3) is 0.118. The van der Waals surface area contributed by atoms with Crippen molar-refractivity contribution < 1.29 is 9.13 Å². The van der Waals surface area contributed by atoms with Crippen LogP contribution in [0.1, 0.15) is 16.4 Å². The van der Waals surface area contributed by atoms with Crippen LogP contribution >= 0.6 is 11.8 Å². The molecule has 0 unspecified atom stereocenters. The average Bonchev–Trinajstić information content (AvgIpc) is 2.55. The van der Waals surface area contributed by atoms with E-state index in [-0.39, 0.29) is 11.1 Å². The molecule has 0 radical (unpaired) electrons. The van der Waals surface area contributed by atoms with Crippen molar-refractivity contribution in [2.24, 2.45) is 10.7 Å². The molecule has 2 aromatic carbocycles. The van der Waals surface area contributed by atoms with Gasteiger partial charge in [0.1, 0.15) is 11.6 Å². The normalized spacial score (nSPS) is 17.6. The summed E-state index contributed by atoms with van der Waals surface area (Å²) in [5, 5.41) is 0.575. The van der Waals surface area contributed by atoms with Gasteiger partial charge in [-0.3, -0.25) is 0 Å². The Kier molecular flexibility index (Phi) is 4.15. The van der Waals surface area contributed by atoms with Crippen LogP contribution in [0.4, 0.5) is 4.39 Å². The van der Waals surface area contributed by atoms with E-state index < -0.39 is 0 Å². The van der Waals surface area contributed by atoms with Gasteiger partial charge in [-0.2, -0.15) is 0 Å². The van der Waals surface area contributed by atoms with Crippen LogP contribution in [-0.2, 0) is 0 Å². The molecular formula is C17H15FN2OS. The Hall–Kier alpha value is -2.27. The smallest absolute Gasteiger partial charge is 0.160 e. The van der Waals surface area contributed by atoms with Crippen LogP contribution in [0, 0.1) is 5.82 Å². The minimum Gasteiger partial charge on any atom is -0.497 e. The van der Waals surface area contributed by atoms with Crippen molar-refractivity contribution in [1.29, 1.82) is 0 Å². The van der Waals surface area contributed by atoms with Crippen LogP contribution in [0.3, 0.4) is 0 Å². The highest BCUT2D eigenvalue weighted by Crippen LogP contribution is 2.38. The number of halogens is 1. The van der Waals surface area contributed by atoms with Crippen LogP contribution in [0.15, 0.2) is 59.6 Å². The van der Waals surface area contributed by atoms with E-state index in [0.717, 1.165) is 22.6 Å². The largest absolute Gasteiger partial charge is 0.497 e. The first kappa shape index (κ1) is 14.7. The molecule has 2 N–H and O–H groups in total. The molecule has 0 aliphatic carbocycles. The SMILES string of the molecule is COc1ccc([C@@H]2C=C(c3ccc(F)cc3)N=C(N)S2)cc1. The maximum Gasteiger partial charge on any atom is 0.160 e. The Labute approximate surface area is 132 Å². The summed E-state index contributed by atoms with van der Waals surface area (Å²) in [5.41, 5.74) is 8.68. The van der Waals surface area contributed by atoms with Gasteiger partial charge in [-0.15, -0.1) is 0 Å². The highest BCUT2D eigenvalue weighted by atomic mass is 32.2. The van der Waals surface area contributed by atoms with Crippen molar-refractivity contribution in [2.75, 3.05) is 7.11 Å². The summed E-state index contributed by atoms with van der Waals surface area (Å²) >= 11 is 1.49. The minimum atomic E-state index is -0.266. The zero-order valence-electron chi connectivity index (χ0n) is 12.0. The molecule has 1 aliphatic rings. The van der Waals surface area contributed by atoms with E-state index >= 15 is 0 Å². The van der Waals surface area contributed by atoms with Crippen LogP contribution in [0.25, 0.3) is 5.70 Å². The number of ether oxygens (including phenoxy) is 1. The molecule has 0 fully saturated rings. The van der Waals surface area contributed by atoms with E-state index in [1.54, 1.807) is 19.2 Å². The Balaban J connectivity index is 1.92. The number of aliphatic imine (C=N–C) groups is 1. The molecular weight excluding hydrogens is 299 g/mol. The molecule has 112 valence electrons. The van der Waals surface area contributed by atoms with E-state index in [4.69, 9.17) is 10.5 Å². The Morgan fingerprint density at radius 2 is 1.77 bits per heavy atom. The van der Waals surface area contributed by atoms with Crippen LogP contribution < -0.4 is 10.5 Å². The number of thioether (sulfide) groups is 1. The van der Waals surface area contributed by atoms with E-state index in [9.17, 15) is 4.39 Å². The van der Waals surface area contributed by atoms with Crippen molar-refractivity contribution in [2.45, 2.75) is 5.25 Å². The second-order valence-corrected chi connectivity index (χ2v) is 5.98. The molecule has 1 aliphatic heterocycles. The summed E-state index contributed by atoms with van der Waals surface area (Å²) < 4.78 is 18.2. The standard InChI is InChI=1S/C17H15FN2OS/c1-21-14-8-4-12(5-9-14)16-10-15(20-17(19)22-16)11-2-6-13(18)7-3-11/h2-10,16H,1H3,(H2,19,20)/t16-/m0/s1. The molecule has 1 atom stereocenters. The van der Waals surface area contributed by atoms with Crippen molar-refractivity contribution in [3.63, 3.8) is 0 Å². The van der Waals surface area contributed by atoms with Gasteiger partial charge >= 0.3 is 0 Å². The van der Waals surface area contributed by atoms with Gasteiger partial charge in [0.15, 0.2) is 5.17 Å². The highest BCUT2D eigenvalue weighted by molar-refractivity contribution is 8.14. The fourth-order valence-electron chi connectivity index (χ4n) is 2.23. The zero-order chi connectivity index (χ0) is 15.5. The first-order valence-corrected chi connectivity index (χ1v) is 7.66. The summed E-state index contributed by atoms with van der Waals surface area (Å²) in [4.78, 5) is 4.36. The van der Waals surface area contributed by atoms with Gasteiger partial charge in [-0.1, -0.05) is 23.9 Å². The topological polar surface area (TPSA) is 47.6 Å². The first-order valence-electron chi connectivity index (χ1n) is 6.78. The predicted molar refractivity (Wildman–Crippen MR) is 89.3 cm³/mol. The number of hydrogen-bond acceptors (Lipinski definition) is 4. The number of rotatable bonds is 3. The molecule has 22 heavy (non-hydrogen) atoms. The summed E-state index contributed by atoms with van der Waals surface area (Å²) in [6.07, 6.45) is 2.04. The Bertz CT molecular complexity index is 723. The van der Waals surface area contributed by atoms with Gasteiger partial charge < -0.3 is 10.5 Å². The molecule has 3 rings (SSSR count). The second kappa shape index (κ2) is 6.23. The quantitative estimate of drug-likeness (QED) is 0.932. The zero-order valence-corrected chi connectivity index (χ0v) is 12.8. The molecule has 0 saturated carbocycles. The van der Waals surface area contributed by atoms with Crippen LogP contribution in [-0.4, -0.2) is 12.3 Å². The van der Waals surface area contributed by atoms with Gasteiger partial charge in [0.2, 0.25) is 0 Å². The van der Waals surface area contributed by atoms with Crippen LogP contribution in [0.2, 0.25) is 0 Å². The lowest BCUT2D eigenvalue weighted by Crippen LogP contribution is -2.13. The van der Waals surface area contributed by atoms with Crippen molar-refractivity contribution in [1.82, 2.24) is 0 Å². The fourth-order valence-corrected chi connectivity index (χ4v) is 3.13. The molecule has 0 amide bonds. The second-order valence-electron chi connectivity index (χ2n) is 4.82. The predicted octanol–water partition coefficient (Wildman–Crippen LogP) is 3.98. The molecule has 0 saturated heterocycles. The summed E-state index contributed by atoms with van der Waals surface area (Å²) in [5.74, 6) is 0.548. The summed E-state index contributed by atoms with van der Waals surface area (Å²) in [6.45, 7) is 0. The van der Waals surface area contributed by atoms with Crippen molar-refractivity contribution in [3.05, 3.63) is 71.6 Å². The third-order valence-corrected chi connectivity index (χ3v) is 4.37. The monoisotopic (exact) mass is 314 g/mol. The number of methoxy groups -OCH3 is 1. The lowest BCUT2D eigenvalue weighted by molar-refractivity contribution is 0.414.